The van der Waals surface area contributed by atoms with Gasteiger partial charge in [0.25, 0.3) is 10.0 Å². The lowest BCUT2D eigenvalue weighted by Gasteiger charge is -2.14. The third kappa shape index (κ3) is 7.06. The van der Waals surface area contributed by atoms with Crippen molar-refractivity contribution in [1.29, 1.82) is 0 Å². The standard InChI is InChI=1S/C26H33N3O4S/c30-26(16-15-20-8-6-12-23(18-20)33-22-10-3-4-11-22)28-21-9-7-13-24(19-21)34(31,32)29-25-14-2-1-5-17-27-25/h6-9,12-13,18-19,22H,1-5,10-11,14-17H2,(H,27,29)(H,28,30). The zero-order valence-electron chi connectivity index (χ0n) is 19.5. The molecule has 2 aliphatic rings. The first-order valence-corrected chi connectivity index (χ1v) is 13.7. The number of amidine groups is 1. The first kappa shape index (κ1) is 24.3. The third-order valence-corrected chi connectivity index (χ3v) is 7.58. The third-order valence-electron chi connectivity index (χ3n) is 6.20. The molecule has 0 atom stereocenters. The van der Waals surface area contributed by atoms with Crippen LogP contribution < -0.4 is 14.8 Å². The smallest absolute Gasteiger partial charge is 0.262 e. The van der Waals surface area contributed by atoms with Gasteiger partial charge in [-0.3, -0.25) is 14.5 Å². The first-order valence-electron chi connectivity index (χ1n) is 12.2. The van der Waals surface area contributed by atoms with Crippen LogP contribution in [0.25, 0.3) is 0 Å². The van der Waals surface area contributed by atoms with Gasteiger partial charge in [-0.2, -0.15) is 0 Å². The second-order valence-electron chi connectivity index (χ2n) is 8.99. The highest BCUT2D eigenvalue weighted by atomic mass is 32.2. The Morgan fingerprint density at radius 3 is 2.68 bits per heavy atom. The molecule has 0 unspecified atom stereocenters. The van der Waals surface area contributed by atoms with E-state index >= 15 is 0 Å². The topological polar surface area (TPSA) is 96.9 Å². The summed E-state index contributed by atoms with van der Waals surface area (Å²) in [5.74, 6) is 1.19. The van der Waals surface area contributed by atoms with E-state index in [1.165, 1.54) is 25.0 Å². The normalized spacial score (nSPS) is 17.0. The Kier molecular flexibility index (Phi) is 8.21. The number of hydrogen-bond acceptors (Lipinski definition) is 5. The monoisotopic (exact) mass is 483 g/mol. The molecule has 0 saturated heterocycles. The predicted molar refractivity (Wildman–Crippen MR) is 134 cm³/mol. The molecule has 7 nitrogen and oxygen atoms in total. The van der Waals surface area contributed by atoms with Crippen LogP contribution in [0.15, 0.2) is 58.4 Å². The number of hydrogen-bond donors (Lipinski definition) is 2. The number of amides is 1. The zero-order chi connectivity index (χ0) is 23.8. The molecular weight excluding hydrogens is 450 g/mol. The first-order chi connectivity index (χ1) is 16.5. The molecule has 1 heterocycles. The molecule has 0 aromatic heterocycles. The highest BCUT2D eigenvalue weighted by molar-refractivity contribution is 7.90. The number of anilines is 1. The molecule has 1 saturated carbocycles. The summed E-state index contributed by atoms with van der Waals surface area (Å²) in [6.07, 6.45) is 9.39. The quantitative estimate of drug-likeness (QED) is 0.562. The Hall–Kier alpha value is -2.87. The molecule has 1 fully saturated rings. The SMILES string of the molecule is O=C(CCc1cccc(OC2CCCC2)c1)Nc1cccc(S(=O)(=O)NC2=NCCCCC2)c1. The highest BCUT2D eigenvalue weighted by Crippen LogP contribution is 2.25. The van der Waals surface area contributed by atoms with Crippen molar-refractivity contribution in [2.75, 3.05) is 11.9 Å². The minimum atomic E-state index is -3.75. The Morgan fingerprint density at radius 2 is 1.82 bits per heavy atom. The van der Waals surface area contributed by atoms with E-state index in [1.807, 2.05) is 24.3 Å². The number of nitrogens with one attached hydrogen (secondary N) is 2. The maximum absolute atomic E-state index is 12.8. The number of rotatable bonds is 8. The van der Waals surface area contributed by atoms with Gasteiger partial charge < -0.3 is 10.1 Å². The summed E-state index contributed by atoms with van der Waals surface area (Å²) in [5, 5.41) is 2.82. The van der Waals surface area contributed by atoms with E-state index in [2.05, 4.69) is 15.0 Å². The summed E-state index contributed by atoms with van der Waals surface area (Å²) in [7, 11) is -3.75. The van der Waals surface area contributed by atoms with E-state index in [-0.39, 0.29) is 10.8 Å². The number of carbonyl (C=O) groups is 1. The van der Waals surface area contributed by atoms with E-state index in [9.17, 15) is 13.2 Å². The van der Waals surface area contributed by atoms with E-state index in [0.717, 1.165) is 43.4 Å². The lowest BCUT2D eigenvalue weighted by Crippen LogP contribution is -2.30. The van der Waals surface area contributed by atoms with Crippen LogP contribution >= 0.6 is 0 Å². The molecule has 34 heavy (non-hydrogen) atoms. The number of benzene rings is 2. The lowest BCUT2D eigenvalue weighted by atomic mass is 10.1. The van der Waals surface area contributed by atoms with Crippen LogP contribution in [0.5, 0.6) is 5.75 Å². The number of nitrogens with zero attached hydrogens (tertiary/aromatic N) is 1. The summed E-state index contributed by atoms with van der Waals surface area (Å²) >= 11 is 0. The molecule has 4 rings (SSSR count). The van der Waals surface area contributed by atoms with E-state index in [4.69, 9.17) is 4.74 Å². The fourth-order valence-electron chi connectivity index (χ4n) is 4.37. The Bertz CT molecular complexity index is 1120. The molecule has 182 valence electrons. The molecule has 2 N–H and O–H groups in total. The van der Waals surface area contributed by atoms with Gasteiger partial charge in [0, 0.05) is 25.1 Å². The average Bonchev–Trinajstić information content (AvgIpc) is 3.20. The van der Waals surface area contributed by atoms with E-state index in [0.29, 0.717) is 43.4 Å². The van der Waals surface area contributed by atoms with Crippen LogP contribution in [-0.4, -0.2) is 32.8 Å². The Balaban J connectivity index is 1.32. The number of sulfonamides is 1. The van der Waals surface area contributed by atoms with Crippen molar-refractivity contribution < 1.29 is 17.9 Å². The van der Waals surface area contributed by atoms with Crippen molar-refractivity contribution in [1.82, 2.24) is 4.72 Å². The molecule has 0 spiro atoms. The Morgan fingerprint density at radius 1 is 1.00 bits per heavy atom. The van der Waals surface area contributed by atoms with Crippen LogP contribution in [0.4, 0.5) is 5.69 Å². The molecule has 1 aliphatic heterocycles. The molecule has 1 aliphatic carbocycles. The van der Waals surface area contributed by atoms with Gasteiger partial charge in [-0.05, 0) is 80.8 Å². The summed E-state index contributed by atoms with van der Waals surface area (Å²) in [6.45, 7) is 0.642. The van der Waals surface area contributed by atoms with Crippen molar-refractivity contribution in [2.45, 2.75) is 75.2 Å². The lowest BCUT2D eigenvalue weighted by molar-refractivity contribution is -0.116. The van der Waals surface area contributed by atoms with Crippen molar-refractivity contribution in [3.8, 4) is 5.75 Å². The number of aliphatic imine (C=N–C) groups is 1. The largest absolute Gasteiger partial charge is 0.490 e. The van der Waals surface area contributed by atoms with Gasteiger partial charge in [0.1, 0.15) is 11.6 Å². The average molecular weight is 484 g/mol. The van der Waals surface area contributed by atoms with Gasteiger partial charge >= 0.3 is 0 Å². The van der Waals surface area contributed by atoms with Crippen LogP contribution in [0.1, 0.15) is 63.4 Å². The molecule has 1 amide bonds. The second-order valence-corrected chi connectivity index (χ2v) is 10.7. The molecule has 8 heteroatoms. The van der Waals surface area contributed by atoms with E-state index in [1.54, 1.807) is 12.1 Å². The fraction of sp³-hybridized carbons (Fsp3) is 0.462. The molecule has 0 bridgehead atoms. The second kappa shape index (κ2) is 11.5. The molecule has 2 aromatic rings. The number of carbonyl (C=O) groups excluding carboxylic acids is 1. The van der Waals surface area contributed by atoms with Gasteiger partial charge in [-0.15, -0.1) is 0 Å². The van der Waals surface area contributed by atoms with Gasteiger partial charge in [0.15, 0.2) is 0 Å². The summed E-state index contributed by atoms with van der Waals surface area (Å²) < 4.78 is 34.3. The van der Waals surface area contributed by atoms with Crippen LogP contribution in [0.3, 0.4) is 0 Å². The van der Waals surface area contributed by atoms with Crippen molar-refractivity contribution in [2.24, 2.45) is 4.99 Å². The summed E-state index contributed by atoms with van der Waals surface area (Å²) in [4.78, 5) is 17.0. The highest BCUT2D eigenvalue weighted by Gasteiger charge is 2.18. The molecule has 0 radical (unpaired) electrons. The molecular formula is C26H33N3O4S. The number of ether oxygens (including phenoxy) is 1. The van der Waals surface area contributed by atoms with Gasteiger partial charge in [0.05, 0.1) is 11.0 Å². The van der Waals surface area contributed by atoms with Crippen molar-refractivity contribution in [3.63, 3.8) is 0 Å². The minimum absolute atomic E-state index is 0.106. The van der Waals surface area contributed by atoms with Gasteiger partial charge in [-0.25, -0.2) is 8.42 Å². The molecule has 2 aromatic carbocycles. The predicted octanol–water partition coefficient (Wildman–Crippen LogP) is 4.83. The van der Waals surface area contributed by atoms with Gasteiger partial charge in [-0.1, -0.05) is 24.6 Å². The van der Waals surface area contributed by atoms with Gasteiger partial charge in [0.2, 0.25) is 5.91 Å². The Labute approximate surface area is 202 Å². The maximum Gasteiger partial charge on any atom is 0.262 e. The minimum Gasteiger partial charge on any atom is -0.490 e. The number of aryl methyl sites for hydroxylation is 1. The fourth-order valence-corrected chi connectivity index (χ4v) is 5.50. The summed E-state index contributed by atoms with van der Waals surface area (Å²) in [6, 6.07) is 14.2. The van der Waals surface area contributed by atoms with Crippen molar-refractivity contribution >= 4 is 27.5 Å². The van der Waals surface area contributed by atoms with Crippen LogP contribution in [0, 0.1) is 0 Å². The summed E-state index contributed by atoms with van der Waals surface area (Å²) in [5.41, 5.74) is 1.49. The van der Waals surface area contributed by atoms with Crippen LogP contribution in [0.2, 0.25) is 0 Å². The zero-order valence-corrected chi connectivity index (χ0v) is 20.3. The van der Waals surface area contributed by atoms with Crippen molar-refractivity contribution in [3.05, 3.63) is 54.1 Å². The maximum atomic E-state index is 12.8. The van der Waals surface area contributed by atoms with E-state index < -0.39 is 10.0 Å². The van der Waals surface area contributed by atoms with Crippen LogP contribution in [-0.2, 0) is 21.2 Å².